The highest BCUT2D eigenvalue weighted by Crippen LogP contribution is 2.28. The van der Waals surface area contributed by atoms with Gasteiger partial charge >= 0.3 is 0 Å². The van der Waals surface area contributed by atoms with Gasteiger partial charge < -0.3 is 14.9 Å². The second kappa shape index (κ2) is 4.85. The van der Waals surface area contributed by atoms with Gasteiger partial charge in [-0.2, -0.15) is 0 Å². The van der Waals surface area contributed by atoms with Crippen molar-refractivity contribution < 1.29 is 9.90 Å². The van der Waals surface area contributed by atoms with Gasteiger partial charge in [-0.05, 0) is 19.4 Å². The Bertz CT molecular complexity index is 501. The van der Waals surface area contributed by atoms with Crippen LogP contribution in [0.25, 0.3) is 0 Å². The Morgan fingerprint density at radius 2 is 2.21 bits per heavy atom. The van der Waals surface area contributed by atoms with E-state index in [9.17, 15) is 9.90 Å². The van der Waals surface area contributed by atoms with Gasteiger partial charge in [0.2, 0.25) is 5.91 Å². The molecular weight excluding hydrogens is 240 g/mol. The molecule has 2 aliphatic rings. The Kier molecular flexibility index (Phi) is 3.19. The Hall–Kier alpha value is -1.55. The normalized spacial score (nSPS) is 22.8. The molecule has 102 valence electrons. The van der Waals surface area contributed by atoms with Crippen LogP contribution in [0.5, 0.6) is 0 Å². The molecule has 0 saturated carbocycles. The van der Waals surface area contributed by atoms with Crippen LogP contribution in [-0.2, 0) is 11.4 Å². The monoisotopic (exact) mass is 260 g/mol. The van der Waals surface area contributed by atoms with E-state index in [1.54, 1.807) is 0 Å². The topological polar surface area (TPSA) is 43.8 Å². The first-order valence-corrected chi connectivity index (χ1v) is 6.94. The third-order valence-electron chi connectivity index (χ3n) is 4.24. The Labute approximate surface area is 113 Å². The zero-order chi connectivity index (χ0) is 13.4. The maximum atomic E-state index is 11.7. The van der Waals surface area contributed by atoms with Crippen LogP contribution in [0, 0.1) is 6.92 Å². The summed E-state index contributed by atoms with van der Waals surface area (Å²) >= 11 is 0. The second-order valence-corrected chi connectivity index (χ2v) is 5.52. The van der Waals surface area contributed by atoms with Crippen LogP contribution in [0.3, 0.4) is 0 Å². The lowest BCUT2D eigenvalue weighted by Gasteiger charge is -2.39. The number of rotatable bonds is 2. The number of aliphatic hydroxyl groups excluding tert-OH is 1. The van der Waals surface area contributed by atoms with Crippen LogP contribution in [0.2, 0.25) is 0 Å². The van der Waals surface area contributed by atoms with Crippen LogP contribution in [0.15, 0.2) is 18.2 Å². The molecular formula is C15H20N2O2. The smallest absolute Gasteiger partial charge is 0.223 e. The van der Waals surface area contributed by atoms with E-state index < -0.39 is 0 Å². The number of benzene rings is 1. The largest absolute Gasteiger partial charge is 0.392 e. The number of fused-ring (bicyclic) bond motifs is 1. The minimum atomic E-state index is 0.0703. The van der Waals surface area contributed by atoms with Crippen molar-refractivity contribution in [3.8, 4) is 0 Å². The van der Waals surface area contributed by atoms with E-state index in [2.05, 4.69) is 17.0 Å². The molecule has 1 unspecified atom stereocenters. The quantitative estimate of drug-likeness (QED) is 0.871. The molecule has 0 bridgehead atoms. The van der Waals surface area contributed by atoms with Crippen molar-refractivity contribution in [1.82, 2.24) is 4.90 Å². The van der Waals surface area contributed by atoms with Crippen molar-refractivity contribution in [1.29, 1.82) is 0 Å². The molecule has 2 aliphatic heterocycles. The molecule has 2 heterocycles. The molecule has 1 aromatic rings. The lowest BCUT2D eigenvalue weighted by molar-refractivity contribution is -0.129. The Morgan fingerprint density at radius 3 is 3.00 bits per heavy atom. The van der Waals surface area contributed by atoms with Gasteiger partial charge in [0, 0.05) is 43.3 Å². The molecule has 4 heteroatoms. The van der Waals surface area contributed by atoms with Crippen LogP contribution in [0.4, 0.5) is 5.69 Å². The number of hydrogen-bond acceptors (Lipinski definition) is 3. The lowest BCUT2D eigenvalue weighted by Crippen LogP contribution is -2.51. The molecule has 2 fully saturated rings. The minimum absolute atomic E-state index is 0.0703. The predicted octanol–water partition coefficient (Wildman–Crippen LogP) is 1.30. The zero-order valence-electron chi connectivity index (χ0n) is 11.3. The summed E-state index contributed by atoms with van der Waals surface area (Å²) in [6, 6.07) is 6.57. The molecule has 3 rings (SSSR count). The van der Waals surface area contributed by atoms with Gasteiger partial charge in [-0.1, -0.05) is 17.7 Å². The van der Waals surface area contributed by atoms with Gasteiger partial charge in [0.25, 0.3) is 0 Å². The second-order valence-electron chi connectivity index (χ2n) is 5.52. The number of aryl methyl sites for hydroxylation is 1. The van der Waals surface area contributed by atoms with Crippen molar-refractivity contribution in [3.05, 3.63) is 29.3 Å². The van der Waals surface area contributed by atoms with Crippen molar-refractivity contribution in [2.75, 3.05) is 24.5 Å². The summed E-state index contributed by atoms with van der Waals surface area (Å²) in [5.74, 6) is 0.302. The zero-order valence-corrected chi connectivity index (χ0v) is 11.3. The fraction of sp³-hybridized carbons (Fsp3) is 0.533. The highest BCUT2D eigenvalue weighted by molar-refractivity contribution is 5.79. The van der Waals surface area contributed by atoms with Crippen LogP contribution < -0.4 is 4.90 Å². The predicted molar refractivity (Wildman–Crippen MR) is 74.0 cm³/mol. The molecule has 0 aromatic heterocycles. The first kappa shape index (κ1) is 12.5. The van der Waals surface area contributed by atoms with Crippen LogP contribution in [-0.4, -0.2) is 41.6 Å². The summed E-state index contributed by atoms with van der Waals surface area (Å²) in [7, 11) is 0. The molecule has 1 atom stereocenters. The van der Waals surface area contributed by atoms with Crippen LogP contribution >= 0.6 is 0 Å². The molecule has 1 amide bonds. The average molecular weight is 260 g/mol. The summed E-state index contributed by atoms with van der Waals surface area (Å²) in [4.78, 5) is 16.0. The van der Waals surface area contributed by atoms with E-state index in [0.29, 0.717) is 18.4 Å². The number of carbonyl (C=O) groups is 1. The molecule has 4 nitrogen and oxygen atoms in total. The summed E-state index contributed by atoms with van der Waals surface area (Å²) < 4.78 is 0. The summed E-state index contributed by atoms with van der Waals surface area (Å²) in [6.45, 7) is 4.67. The molecule has 0 radical (unpaired) electrons. The van der Waals surface area contributed by atoms with Crippen molar-refractivity contribution >= 4 is 11.6 Å². The number of piperazine rings is 1. The summed E-state index contributed by atoms with van der Waals surface area (Å²) in [6.07, 6.45) is 1.66. The molecule has 2 saturated heterocycles. The van der Waals surface area contributed by atoms with Gasteiger partial charge in [0.15, 0.2) is 0 Å². The molecule has 1 aromatic carbocycles. The van der Waals surface area contributed by atoms with Crippen molar-refractivity contribution in [2.24, 2.45) is 0 Å². The Balaban J connectivity index is 1.82. The van der Waals surface area contributed by atoms with E-state index in [4.69, 9.17) is 0 Å². The first-order chi connectivity index (χ1) is 9.19. The fourth-order valence-corrected chi connectivity index (χ4v) is 3.23. The van der Waals surface area contributed by atoms with E-state index in [-0.39, 0.29) is 6.61 Å². The van der Waals surface area contributed by atoms with E-state index in [0.717, 1.165) is 37.3 Å². The van der Waals surface area contributed by atoms with E-state index in [1.165, 1.54) is 5.56 Å². The van der Waals surface area contributed by atoms with Crippen molar-refractivity contribution in [3.63, 3.8) is 0 Å². The SMILES string of the molecule is Cc1ccc(N2CCN3C(=O)CCC3C2)c(CO)c1. The maximum absolute atomic E-state index is 11.7. The highest BCUT2D eigenvalue weighted by Gasteiger charge is 2.35. The lowest BCUT2D eigenvalue weighted by atomic mass is 10.1. The number of anilines is 1. The third-order valence-corrected chi connectivity index (χ3v) is 4.24. The van der Waals surface area contributed by atoms with Gasteiger partial charge in [-0.25, -0.2) is 0 Å². The highest BCUT2D eigenvalue weighted by atomic mass is 16.3. The number of amides is 1. The van der Waals surface area contributed by atoms with Gasteiger partial charge in [0.05, 0.1) is 6.61 Å². The number of aliphatic hydroxyl groups is 1. The van der Waals surface area contributed by atoms with E-state index in [1.807, 2.05) is 17.9 Å². The molecule has 0 aliphatic carbocycles. The van der Waals surface area contributed by atoms with Crippen molar-refractivity contribution in [2.45, 2.75) is 32.4 Å². The van der Waals surface area contributed by atoms with Gasteiger partial charge in [-0.15, -0.1) is 0 Å². The summed E-state index contributed by atoms with van der Waals surface area (Å²) in [5, 5.41) is 9.51. The molecule has 1 N–H and O–H groups in total. The van der Waals surface area contributed by atoms with Gasteiger partial charge in [0.1, 0.15) is 0 Å². The fourth-order valence-electron chi connectivity index (χ4n) is 3.23. The summed E-state index contributed by atoms with van der Waals surface area (Å²) in [5.41, 5.74) is 3.27. The average Bonchev–Trinajstić information content (AvgIpc) is 2.79. The minimum Gasteiger partial charge on any atom is -0.392 e. The van der Waals surface area contributed by atoms with Crippen LogP contribution in [0.1, 0.15) is 24.0 Å². The first-order valence-electron chi connectivity index (χ1n) is 6.94. The number of hydrogen-bond donors (Lipinski definition) is 1. The number of carbonyl (C=O) groups excluding carboxylic acids is 1. The standard InChI is InChI=1S/C15H20N2O2/c1-11-2-4-14(12(8-11)10-18)16-6-7-17-13(9-16)3-5-15(17)19/h2,4,8,13,18H,3,5-7,9-10H2,1H3. The number of nitrogens with zero attached hydrogens (tertiary/aromatic N) is 2. The maximum Gasteiger partial charge on any atom is 0.223 e. The van der Waals surface area contributed by atoms with E-state index >= 15 is 0 Å². The molecule has 19 heavy (non-hydrogen) atoms. The van der Waals surface area contributed by atoms with Gasteiger partial charge in [-0.3, -0.25) is 4.79 Å². The molecule has 0 spiro atoms. The third kappa shape index (κ3) is 2.21. The Morgan fingerprint density at radius 1 is 1.37 bits per heavy atom.